The van der Waals surface area contributed by atoms with Gasteiger partial charge in [0.2, 0.25) is 5.91 Å². The number of carbonyl (C=O) groups is 3. The van der Waals surface area contributed by atoms with Crippen molar-refractivity contribution in [1.82, 2.24) is 5.32 Å². The van der Waals surface area contributed by atoms with Gasteiger partial charge in [-0.1, -0.05) is 38.5 Å². The Hall–Kier alpha value is -3.35. The van der Waals surface area contributed by atoms with Crippen LogP contribution in [-0.4, -0.2) is 34.5 Å². The van der Waals surface area contributed by atoms with Crippen LogP contribution in [0.4, 0.5) is 5.69 Å². The molecule has 188 valence electrons. The fourth-order valence-corrected chi connectivity index (χ4v) is 4.62. The standard InChI is InChI=1S/C28H36N2O5/c1-5-20(4)25(26(32)33)30-27(34)28(12-6-7-13-28)35-23-10-8-21(9-11-23)17-24(31)29-22-15-18(2)14-19(3)16-22/h8-11,14-16,20,25H,5-7,12-13,17H2,1-4H3,(H,29,31)(H,30,34)(H,32,33)/t20?,25-/m1/s1. The van der Waals surface area contributed by atoms with Gasteiger partial charge in [-0.3, -0.25) is 9.59 Å². The monoisotopic (exact) mass is 480 g/mol. The first-order valence-corrected chi connectivity index (χ1v) is 12.3. The Bertz CT molecular complexity index is 1040. The first-order valence-electron chi connectivity index (χ1n) is 12.3. The van der Waals surface area contributed by atoms with E-state index in [1.807, 2.05) is 52.0 Å². The normalized spacial score (nSPS) is 16.2. The number of aliphatic carboxylic acids is 1. The van der Waals surface area contributed by atoms with Gasteiger partial charge in [0, 0.05) is 5.69 Å². The molecule has 1 unspecified atom stereocenters. The Morgan fingerprint density at radius 2 is 1.63 bits per heavy atom. The Kier molecular flexibility index (Phi) is 8.54. The van der Waals surface area contributed by atoms with Gasteiger partial charge in [0.15, 0.2) is 5.60 Å². The Labute approximate surface area is 207 Å². The molecule has 1 aliphatic carbocycles. The number of benzene rings is 2. The van der Waals surface area contributed by atoms with E-state index < -0.39 is 17.6 Å². The molecule has 0 aromatic heterocycles. The summed E-state index contributed by atoms with van der Waals surface area (Å²) in [6.45, 7) is 7.70. The summed E-state index contributed by atoms with van der Waals surface area (Å²) in [6, 6.07) is 12.1. The Balaban J connectivity index is 1.65. The van der Waals surface area contributed by atoms with E-state index in [1.165, 1.54) is 0 Å². The van der Waals surface area contributed by atoms with Crippen molar-refractivity contribution in [2.45, 2.75) is 77.9 Å². The van der Waals surface area contributed by atoms with Crippen LogP contribution in [0.15, 0.2) is 42.5 Å². The molecule has 1 fully saturated rings. The molecule has 3 rings (SSSR count). The van der Waals surface area contributed by atoms with Crippen LogP contribution in [0, 0.1) is 19.8 Å². The molecule has 0 aliphatic heterocycles. The van der Waals surface area contributed by atoms with Crippen molar-refractivity contribution in [1.29, 1.82) is 0 Å². The summed E-state index contributed by atoms with van der Waals surface area (Å²) < 4.78 is 6.20. The van der Waals surface area contributed by atoms with Gasteiger partial charge in [-0.05, 0) is 86.4 Å². The summed E-state index contributed by atoms with van der Waals surface area (Å²) in [7, 11) is 0. The lowest BCUT2D eigenvalue weighted by Crippen LogP contribution is -2.55. The van der Waals surface area contributed by atoms with E-state index >= 15 is 0 Å². The van der Waals surface area contributed by atoms with Gasteiger partial charge in [-0.2, -0.15) is 0 Å². The minimum Gasteiger partial charge on any atom is -0.480 e. The van der Waals surface area contributed by atoms with Crippen LogP contribution in [0.2, 0.25) is 0 Å². The van der Waals surface area contributed by atoms with Crippen molar-refractivity contribution in [2.24, 2.45) is 5.92 Å². The zero-order chi connectivity index (χ0) is 25.6. The van der Waals surface area contributed by atoms with E-state index in [-0.39, 0.29) is 24.2 Å². The molecule has 0 saturated heterocycles. The molecule has 35 heavy (non-hydrogen) atoms. The number of hydrogen-bond donors (Lipinski definition) is 3. The Morgan fingerprint density at radius 3 is 2.17 bits per heavy atom. The second-order valence-electron chi connectivity index (χ2n) is 9.72. The van der Waals surface area contributed by atoms with E-state index in [0.717, 1.165) is 35.2 Å². The molecule has 1 saturated carbocycles. The summed E-state index contributed by atoms with van der Waals surface area (Å²) >= 11 is 0. The van der Waals surface area contributed by atoms with E-state index in [1.54, 1.807) is 12.1 Å². The molecular weight excluding hydrogens is 444 g/mol. The Morgan fingerprint density at radius 1 is 1.03 bits per heavy atom. The number of amides is 2. The number of ether oxygens (including phenoxy) is 1. The van der Waals surface area contributed by atoms with Gasteiger partial charge < -0.3 is 20.5 Å². The third kappa shape index (κ3) is 6.84. The number of carboxylic acid groups (broad SMARTS) is 1. The van der Waals surface area contributed by atoms with Gasteiger partial charge in [0.25, 0.3) is 5.91 Å². The maximum absolute atomic E-state index is 13.2. The van der Waals surface area contributed by atoms with Crippen LogP contribution in [0.1, 0.15) is 62.6 Å². The van der Waals surface area contributed by atoms with Crippen molar-refractivity contribution < 1.29 is 24.2 Å². The van der Waals surface area contributed by atoms with Crippen LogP contribution in [0.25, 0.3) is 0 Å². The summed E-state index contributed by atoms with van der Waals surface area (Å²) in [5, 5.41) is 15.2. The smallest absolute Gasteiger partial charge is 0.326 e. The molecule has 2 amide bonds. The lowest BCUT2D eigenvalue weighted by atomic mass is 9.95. The molecular formula is C28H36N2O5. The van der Waals surface area contributed by atoms with Gasteiger partial charge in [0.1, 0.15) is 11.8 Å². The van der Waals surface area contributed by atoms with Crippen molar-refractivity contribution in [2.75, 3.05) is 5.32 Å². The van der Waals surface area contributed by atoms with Crippen LogP contribution in [-0.2, 0) is 20.8 Å². The average molecular weight is 481 g/mol. The predicted octanol–water partition coefficient (Wildman–Crippen LogP) is 4.79. The van der Waals surface area contributed by atoms with Crippen LogP contribution < -0.4 is 15.4 Å². The predicted molar refractivity (Wildman–Crippen MR) is 136 cm³/mol. The number of rotatable bonds is 10. The SMILES string of the molecule is CCC(C)[C@@H](NC(=O)C1(Oc2ccc(CC(=O)Nc3cc(C)cc(C)c3)cc2)CCCC1)C(=O)O. The highest BCUT2D eigenvalue weighted by molar-refractivity contribution is 5.92. The zero-order valence-electron chi connectivity index (χ0n) is 21.0. The minimum absolute atomic E-state index is 0.111. The summed E-state index contributed by atoms with van der Waals surface area (Å²) in [6.07, 6.45) is 3.60. The molecule has 2 atom stereocenters. The molecule has 0 heterocycles. The molecule has 2 aromatic rings. The molecule has 0 spiro atoms. The highest BCUT2D eigenvalue weighted by Crippen LogP contribution is 2.35. The van der Waals surface area contributed by atoms with Gasteiger partial charge in [0.05, 0.1) is 6.42 Å². The van der Waals surface area contributed by atoms with E-state index in [0.29, 0.717) is 25.0 Å². The first kappa shape index (κ1) is 26.3. The molecule has 0 radical (unpaired) electrons. The van der Waals surface area contributed by atoms with Crippen molar-refractivity contribution in [3.8, 4) is 5.75 Å². The molecule has 0 bridgehead atoms. The largest absolute Gasteiger partial charge is 0.480 e. The highest BCUT2D eigenvalue weighted by atomic mass is 16.5. The maximum Gasteiger partial charge on any atom is 0.326 e. The summed E-state index contributed by atoms with van der Waals surface area (Å²) in [4.78, 5) is 37.4. The van der Waals surface area contributed by atoms with E-state index in [4.69, 9.17) is 4.74 Å². The second-order valence-corrected chi connectivity index (χ2v) is 9.72. The fourth-order valence-electron chi connectivity index (χ4n) is 4.62. The van der Waals surface area contributed by atoms with E-state index in [2.05, 4.69) is 16.7 Å². The van der Waals surface area contributed by atoms with Crippen molar-refractivity contribution in [3.63, 3.8) is 0 Å². The number of nitrogens with one attached hydrogen (secondary N) is 2. The molecule has 3 N–H and O–H groups in total. The second kappa shape index (κ2) is 11.4. The third-order valence-electron chi connectivity index (χ3n) is 6.70. The van der Waals surface area contributed by atoms with Crippen LogP contribution in [0.3, 0.4) is 0 Å². The minimum atomic E-state index is -1.08. The maximum atomic E-state index is 13.2. The first-order chi connectivity index (χ1) is 16.6. The number of carbonyl (C=O) groups excluding carboxylic acids is 2. The van der Waals surface area contributed by atoms with Gasteiger partial charge in [-0.15, -0.1) is 0 Å². The van der Waals surface area contributed by atoms with Gasteiger partial charge in [-0.25, -0.2) is 4.79 Å². The van der Waals surface area contributed by atoms with Crippen molar-refractivity contribution >= 4 is 23.5 Å². The third-order valence-corrected chi connectivity index (χ3v) is 6.70. The topological polar surface area (TPSA) is 105 Å². The zero-order valence-corrected chi connectivity index (χ0v) is 21.0. The quantitative estimate of drug-likeness (QED) is 0.453. The van der Waals surface area contributed by atoms with Crippen LogP contribution >= 0.6 is 0 Å². The van der Waals surface area contributed by atoms with Crippen LogP contribution in [0.5, 0.6) is 5.75 Å². The number of carboxylic acids is 1. The molecule has 2 aromatic carbocycles. The number of aryl methyl sites for hydroxylation is 2. The number of hydrogen-bond acceptors (Lipinski definition) is 4. The molecule has 1 aliphatic rings. The van der Waals surface area contributed by atoms with E-state index in [9.17, 15) is 19.5 Å². The molecule has 7 heteroatoms. The van der Waals surface area contributed by atoms with Crippen molar-refractivity contribution in [3.05, 3.63) is 59.2 Å². The molecule has 7 nitrogen and oxygen atoms in total. The fraction of sp³-hybridized carbons (Fsp3) is 0.464. The van der Waals surface area contributed by atoms with Gasteiger partial charge >= 0.3 is 5.97 Å². The lowest BCUT2D eigenvalue weighted by molar-refractivity contribution is -0.147. The summed E-state index contributed by atoms with van der Waals surface area (Å²) in [5.74, 6) is -1.19. The summed E-state index contributed by atoms with van der Waals surface area (Å²) in [5.41, 5.74) is 2.70. The highest BCUT2D eigenvalue weighted by Gasteiger charge is 2.45. The lowest BCUT2D eigenvalue weighted by Gasteiger charge is -2.31. The number of anilines is 1. The average Bonchev–Trinajstić information content (AvgIpc) is 3.27.